The number of carbonyl (C=O) groups excluding carboxylic acids is 1. The van der Waals surface area contributed by atoms with Gasteiger partial charge in [-0.05, 0) is 12.5 Å². The van der Waals surface area contributed by atoms with Crippen LogP contribution in [0, 0.1) is 0 Å². The Kier molecular flexibility index (Phi) is 0.642. The summed E-state index contributed by atoms with van der Waals surface area (Å²) in [5.41, 5.74) is 0.586. The second kappa shape index (κ2) is 1.12. The van der Waals surface area contributed by atoms with Gasteiger partial charge in [0.2, 0.25) is 0 Å². The quantitative estimate of drug-likeness (QED) is 0.351. The smallest absolute Gasteiger partial charge is 0.190 e. The topological polar surface area (TPSA) is 29.6 Å². The first kappa shape index (κ1) is 5.18. The first-order chi connectivity index (χ1) is 4.13. The molecule has 0 aromatic rings. The lowest BCUT2D eigenvalue weighted by atomic mass is 10.1. The molecule has 0 amide bonds. The maximum absolute atomic E-state index is 10.9. The molecule has 2 aliphatic rings. The molecule has 1 aliphatic heterocycles. The standard InChI is InChI=1S/C7H8O2/c1-4-3-7(2)6(9-7)5(4)8/h6H,1,3H2,2H3/t6-,7+/m1/s1. The molecule has 0 unspecified atom stereocenters. The van der Waals surface area contributed by atoms with E-state index in [1.165, 1.54) is 0 Å². The molecule has 0 aromatic heterocycles. The first-order valence-electron chi connectivity index (χ1n) is 3.03. The van der Waals surface area contributed by atoms with Gasteiger partial charge in [0.05, 0.1) is 0 Å². The summed E-state index contributed by atoms with van der Waals surface area (Å²) >= 11 is 0. The Bertz CT molecular complexity index is 207. The fraction of sp³-hybridized carbons (Fsp3) is 0.571. The Morgan fingerprint density at radius 3 is 2.78 bits per heavy atom. The van der Waals surface area contributed by atoms with Gasteiger partial charge in [0.25, 0.3) is 0 Å². The third-order valence-corrected chi connectivity index (χ3v) is 2.04. The highest BCUT2D eigenvalue weighted by Crippen LogP contribution is 2.48. The molecule has 2 rings (SSSR count). The zero-order chi connectivity index (χ0) is 6.65. The van der Waals surface area contributed by atoms with Crippen LogP contribution in [-0.2, 0) is 9.53 Å². The molecular weight excluding hydrogens is 116 g/mol. The summed E-state index contributed by atoms with van der Waals surface area (Å²) in [4.78, 5) is 10.9. The van der Waals surface area contributed by atoms with Crippen LogP contribution < -0.4 is 0 Å². The number of epoxide rings is 1. The second-order valence-corrected chi connectivity index (χ2v) is 2.96. The van der Waals surface area contributed by atoms with Crippen LogP contribution >= 0.6 is 0 Å². The molecule has 0 aromatic carbocycles. The van der Waals surface area contributed by atoms with Gasteiger partial charge in [-0.2, -0.15) is 0 Å². The monoisotopic (exact) mass is 124 g/mol. The van der Waals surface area contributed by atoms with Gasteiger partial charge >= 0.3 is 0 Å². The number of fused-ring (bicyclic) bond motifs is 1. The van der Waals surface area contributed by atoms with E-state index in [9.17, 15) is 4.79 Å². The zero-order valence-electron chi connectivity index (χ0n) is 5.31. The van der Waals surface area contributed by atoms with E-state index in [1.807, 2.05) is 6.92 Å². The number of hydrogen-bond donors (Lipinski definition) is 0. The number of ketones is 1. The molecule has 0 bridgehead atoms. The summed E-state index contributed by atoms with van der Waals surface area (Å²) in [5.74, 6) is 0.109. The third-order valence-electron chi connectivity index (χ3n) is 2.04. The lowest BCUT2D eigenvalue weighted by molar-refractivity contribution is -0.116. The minimum atomic E-state index is -0.145. The maximum atomic E-state index is 10.9. The van der Waals surface area contributed by atoms with Gasteiger partial charge in [-0.25, -0.2) is 0 Å². The van der Waals surface area contributed by atoms with Gasteiger partial charge in [0, 0.05) is 6.42 Å². The highest BCUT2D eigenvalue weighted by atomic mass is 16.6. The summed E-state index contributed by atoms with van der Waals surface area (Å²) in [6.45, 7) is 5.58. The summed E-state index contributed by atoms with van der Waals surface area (Å²) < 4.78 is 5.11. The lowest BCUT2D eigenvalue weighted by Gasteiger charge is -1.96. The molecule has 1 saturated carbocycles. The molecule has 2 fully saturated rings. The molecule has 2 heteroatoms. The van der Waals surface area contributed by atoms with E-state index in [0.29, 0.717) is 0 Å². The molecule has 48 valence electrons. The zero-order valence-corrected chi connectivity index (χ0v) is 5.31. The van der Waals surface area contributed by atoms with Crippen molar-refractivity contribution in [2.75, 3.05) is 0 Å². The van der Waals surface area contributed by atoms with Crippen LogP contribution in [0.4, 0.5) is 0 Å². The summed E-state index contributed by atoms with van der Waals surface area (Å²) in [7, 11) is 0. The fourth-order valence-electron chi connectivity index (χ4n) is 1.40. The van der Waals surface area contributed by atoms with Gasteiger partial charge in [0.15, 0.2) is 5.78 Å². The molecule has 1 heterocycles. The van der Waals surface area contributed by atoms with Crippen LogP contribution in [0.2, 0.25) is 0 Å². The summed E-state index contributed by atoms with van der Waals surface area (Å²) in [5, 5.41) is 0. The number of Topliss-reactive ketones (excluding diaryl/α,β-unsaturated/α-hetero) is 1. The van der Waals surface area contributed by atoms with E-state index >= 15 is 0 Å². The minimum absolute atomic E-state index is 0.109. The molecule has 1 saturated heterocycles. The number of carbonyl (C=O) groups is 1. The number of rotatable bonds is 0. The van der Waals surface area contributed by atoms with Crippen molar-refractivity contribution in [2.45, 2.75) is 25.0 Å². The molecule has 0 spiro atoms. The van der Waals surface area contributed by atoms with E-state index in [-0.39, 0.29) is 17.5 Å². The molecular formula is C7H8O2. The summed E-state index contributed by atoms with van der Waals surface area (Å²) in [6.07, 6.45) is 0.598. The van der Waals surface area contributed by atoms with Gasteiger partial charge in [-0.1, -0.05) is 6.58 Å². The van der Waals surface area contributed by atoms with Gasteiger partial charge in [-0.15, -0.1) is 0 Å². The highest BCUT2D eigenvalue weighted by molar-refractivity contribution is 6.04. The van der Waals surface area contributed by atoms with Crippen LogP contribution in [0.15, 0.2) is 12.2 Å². The second-order valence-electron chi connectivity index (χ2n) is 2.96. The molecule has 1 aliphatic carbocycles. The third kappa shape index (κ3) is 0.465. The summed E-state index contributed by atoms with van der Waals surface area (Å²) in [6, 6.07) is 0. The van der Waals surface area contributed by atoms with Crippen molar-refractivity contribution in [1.29, 1.82) is 0 Å². The molecule has 2 nitrogen and oxygen atoms in total. The molecule has 9 heavy (non-hydrogen) atoms. The number of hydrogen-bond acceptors (Lipinski definition) is 2. The van der Waals surface area contributed by atoms with Crippen molar-refractivity contribution in [3.63, 3.8) is 0 Å². The van der Waals surface area contributed by atoms with Crippen LogP contribution in [0.3, 0.4) is 0 Å². The van der Waals surface area contributed by atoms with Crippen molar-refractivity contribution in [1.82, 2.24) is 0 Å². The van der Waals surface area contributed by atoms with Gasteiger partial charge < -0.3 is 4.74 Å². The van der Waals surface area contributed by atoms with Crippen LogP contribution in [-0.4, -0.2) is 17.5 Å². The van der Waals surface area contributed by atoms with E-state index < -0.39 is 0 Å². The van der Waals surface area contributed by atoms with Gasteiger partial charge in [0.1, 0.15) is 11.7 Å². The molecule has 0 N–H and O–H groups in total. The lowest BCUT2D eigenvalue weighted by Crippen LogP contribution is -2.03. The van der Waals surface area contributed by atoms with Crippen LogP contribution in [0.1, 0.15) is 13.3 Å². The average molecular weight is 124 g/mol. The molecule has 2 atom stereocenters. The Balaban J connectivity index is 2.34. The Labute approximate surface area is 53.5 Å². The normalized spacial score (nSPS) is 47.4. The SMILES string of the molecule is C=C1C[C@]2(C)O[C@@H]2C1=O. The van der Waals surface area contributed by atoms with Crippen molar-refractivity contribution >= 4 is 5.78 Å². The van der Waals surface area contributed by atoms with Crippen molar-refractivity contribution in [3.8, 4) is 0 Å². The Morgan fingerprint density at radius 2 is 2.56 bits per heavy atom. The average Bonchev–Trinajstić information content (AvgIpc) is 2.34. The van der Waals surface area contributed by atoms with E-state index in [1.54, 1.807) is 0 Å². The maximum Gasteiger partial charge on any atom is 0.190 e. The first-order valence-corrected chi connectivity index (χ1v) is 3.03. The van der Waals surface area contributed by atoms with E-state index in [4.69, 9.17) is 4.74 Å². The predicted octanol–water partition coefficient (Wildman–Crippen LogP) is 0.673. The predicted molar refractivity (Wildman–Crippen MR) is 32.0 cm³/mol. The van der Waals surface area contributed by atoms with Crippen LogP contribution in [0.5, 0.6) is 0 Å². The fourth-order valence-corrected chi connectivity index (χ4v) is 1.40. The van der Waals surface area contributed by atoms with Crippen molar-refractivity contribution in [3.05, 3.63) is 12.2 Å². The van der Waals surface area contributed by atoms with Crippen LogP contribution in [0.25, 0.3) is 0 Å². The van der Waals surface area contributed by atoms with E-state index in [2.05, 4.69) is 6.58 Å². The van der Waals surface area contributed by atoms with Crippen molar-refractivity contribution < 1.29 is 9.53 Å². The Hall–Kier alpha value is -0.630. The Morgan fingerprint density at radius 1 is 1.89 bits per heavy atom. The number of ether oxygens (including phenoxy) is 1. The largest absolute Gasteiger partial charge is 0.357 e. The highest BCUT2D eigenvalue weighted by Gasteiger charge is 2.62. The van der Waals surface area contributed by atoms with Crippen molar-refractivity contribution in [2.24, 2.45) is 0 Å². The minimum Gasteiger partial charge on any atom is -0.357 e. The van der Waals surface area contributed by atoms with Gasteiger partial charge in [-0.3, -0.25) is 4.79 Å². The van der Waals surface area contributed by atoms with E-state index in [0.717, 1.165) is 12.0 Å². The molecule has 0 radical (unpaired) electrons.